The molecule has 0 bridgehead atoms. The molecule has 0 amide bonds. The molecule has 1 aromatic carbocycles. The molecule has 1 aliphatic rings. The number of hydrogen-bond acceptors (Lipinski definition) is 3. The van der Waals surface area contributed by atoms with Gasteiger partial charge < -0.3 is 5.73 Å². The number of hydrogen-bond donors (Lipinski definition) is 2. The molecule has 124 valence electrons. The highest BCUT2D eigenvalue weighted by Gasteiger charge is 2.39. The van der Waals surface area contributed by atoms with Crippen LogP contribution in [0.2, 0.25) is 5.02 Å². The van der Waals surface area contributed by atoms with Gasteiger partial charge in [0.05, 0.1) is 10.5 Å². The minimum atomic E-state index is -4.81. The Kier molecular flexibility index (Phi) is 5.06. The lowest BCUT2D eigenvalue weighted by Gasteiger charge is -2.21. The highest BCUT2D eigenvalue weighted by atomic mass is 35.5. The van der Waals surface area contributed by atoms with Gasteiger partial charge in [-0.05, 0) is 43.5 Å². The fourth-order valence-electron chi connectivity index (χ4n) is 2.69. The van der Waals surface area contributed by atoms with Crippen LogP contribution in [-0.4, -0.2) is 21.0 Å². The summed E-state index contributed by atoms with van der Waals surface area (Å²) in [6.45, 7) is 0.292. The van der Waals surface area contributed by atoms with Crippen LogP contribution < -0.4 is 10.5 Å². The summed E-state index contributed by atoms with van der Waals surface area (Å²) in [5.74, 6) is -0.0589. The SMILES string of the molecule is NCC1CCCC1NS(=O)(=O)c1ccc(Cl)cc1C(F)(F)F. The monoisotopic (exact) mass is 356 g/mol. The van der Waals surface area contributed by atoms with Crippen LogP contribution in [0.25, 0.3) is 0 Å². The van der Waals surface area contributed by atoms with Crippen LogP contribution in [-0.2, 0) is 16.2 Å². The molecule has 2 rings (SSSR count). The maximum atomic E-state index is 13.0. The van der Waals surface area contributed by atoms with E-state index in [1.54, 1.807) is 0 Å². The Hall–Kier alpha value is -0.830. The standard InChI is InChI=1S/C13H16ClF3N2O2S/c14-9-4-5-12(10(6-9)13(15,16)17)22(20,21)19-11-3-1-2-8(11)7-18/h4-6,8,11,19H,1-3,7,18H2. The van der Waals surface area contributed by atoms with E-state index in [9.17, 15) is 21.6 Å². The molecule has 1 aromatic rings. The van der Waals surface area contributed by atoms with Gasteiger partial charge in [0.2, 0.25) is 10.0 Å². The Morgan fingerprint density at radius 1 is 1.32 bits per heavy atom. The van der Waals surface area contributed by atoms with Crippen LogP contribution in [0.5, 0.6) is 0 Å². The van der Waals surface area contributed by atoms with E-state index in [1.165, 1.54) is 0 Å². The number of rotatable bonds is 4. The summed E-state index contributed by atoms with van der Waals surface area (Å²) in [7, 11) is -4.30. The normalized spacial score (nSPS) is 23.0. The molecule has 2 atom stereocenters. The first-order chi connectivity index (χ1) is 10.1. The van der Waals surface area contributed by atoms with Crippen molar-refractivity contribution in [2.75, 3.05) is 6.54 Å². The smallest absolute Gasteiger partial charge is 0.330 e. The van der Waals surface area contributed by atoms with E-state index >= 15 is 0 Å². The number of nitrogens with two attached hydrogens (primary N) is 1. The predicted molar refractivity (Wildman–Crippen MR) is 77.0 cm³/mol. The second-order valence-corrected chi connectivity index (χ2v) is 7.41. The van der Waals surface area contributed by atoms with Gasteiger partial charge in [0.15, 0.2) is 0 Å². The molecule has 4 nitrogen and oxygen atoms in total. The molecular weight excluding hydrogens is 341 g/mol. The van der Waals surface area contributed by atoms with E-state index in [-0.39, 0.29) is 10.9 Å². The highest BCUT2D eigenvalue weighted by molar-refractivity contribution is 7.89. The lowest BCUT2D eigenvalue weighted by Crippen LogP contribution is -2.40. The molecular formula is C13H16ClF3N2O2S. The van der Waals surface area contributed by atoms with Gasteiger partial charge in [-0.15, -0.1) is 0 Å². The number of alkyl halides is 3. The zero-order chi connectivity index (χ0) is 16.5. The predicted octanol–water partition coefficient (Wildman–Crippen LogP) is 2.76. The van der Waals surface area contributed by atoms with Crippen molar-refractivity contribution in [3.63, 3.8) is 0 Å². The third-order valence-electron chi connectivity index (χ3n) is 3.80. The van der Waals surface area contributed by atoms with Crippen molar-refractivity contribution in [3.05, 3.63) is 28.8 Å². The van der Waals surface area contributed by atoms with Gasteiger partial charge in [-0.2, -0.15) is 13.2 Å². The van der Waals surface area contributed by atoms with Crippen LogP contribution in [0.3, 0.4) is 0 Å². The second kappa shape index (κ2) is 6.35. The molecule has 0 spiro atoms. The van der Waals surface area contributed by atoms with Crippen LogP contribution >= 0.6 is 11.6 Å². The molecule has 0 aliphatic heterocycles. The fourth-order valence-corrected chi connectivity index (χ4v) is 4.41. The van der Waals surface area contributed by atoms with Gasteiger partial charge in [-0.1, -0.05) is 18.0 Å². The van der Waals surface area contributed by atoms with Crippen LogP contribution in [0.15, 0.2) is 23.1 Å². The average molecular weight is 357 g/mol. The van der Waals surface area contributed by atoms with E-state index in [4.69, 9.17) is 17.3 Å². The third-order valence-corrected chi connectivity index (χ3v) is 5.59. The number of sulfonamides is 1. The van der Waals surface area contributed by atoms with E-state index < -0.39 is 32.7 Å². The van der Waals surface area contributed by atoms with Gasteiger partial charge in [-0.3, -0.25) is 0 Å². The minimum absolute atomic E-state index is 0.0589. The van der Waals surface area contributed by atoms with Gasteiger partial charge in [0.1, 0.15) is 0 Å². The highest BCUT2D eigenvalue weighted by Crippen LogP contribution is 2.36. The van der Waals surface area contributed by atoms with Crippen LogP contribution in [0.1, 0.15) is 24.8 Å². The minimum Gasteiger partial charge on any atom is -0.330 e. The summed E-state index contributed by atoms with van der Waals surface area (Å²) < 4.78 is 66.2. The largest absolute Gasteiger partial charge is 0.417 e. The Labute approximate surface area is 131 Å². The molecule has 2 unspecified atom stereocenters. The quantitative estimate of drug-likeness (QED) is 0.871. The Morgan fingerprint density at radius 2 is 2.00 bits per heavy atom. The van der Waals surface area contributed by atoms with E-state index in [0.717, 1.165) is 25.0 Å². The molecule has 0 radical (unpaired) electrons. The summed E-state index contributed by atoms with van der Waals surface area (Å²) in [6, 6.07) is 2.18. The number of benzene rings is 1. The molecule has 1 aliphatic carbocycles. The molecule has 22 heavy (non-hydrogen) atoms. The molecule has 0 heterocycles. The average Bonchev–Trinajstić information content (AvgIpc) is 2.83. The van der Waals surface area contributed by atoms with Crippen molar-refractivity contribution >= 4 is 21.6 Å². The van der Waals surface area contributed by atoms with Gasteiger partial charge in [0, 0.05) is 11.1 Å². The maximum absolute atomic E-state index is 13.0. The molecule has 1 fully saturated rings. The van der Waals surface area contributed by atoms with Crippen LogP contribution in [0, 0.1) is 5.92 Å². The zero-order valence-corrected chi connectivity index (χ0v) is 13.1. The van der Waals surface area contributed by atoms with Gasteiger partial charge in [0.25, 0.3) is 0 Å². The summed E-state index contributed by atoms with van der Waals surface area (Å²) in [4.78, 5) is -0.813. The molecule has 3 N–H and O–H groups in total. The molecule has 0 saturated heterocycles. The first-order valence-electron chi connectivity index (χ1n) is 6.74. The summed E-state index contributed by atoms with van der Waals surface area (Å²) in [5, 5.41) is -0.174. The van der Waals surface area contributed by atoms with Crippen molar-refractivity contribution in [1.82, 2.24) is 4.72 Å². The molecule has 9 heteroatoms. The van der Waals surface area contributed by atoms with Crippen molar-refractivity contribution in [1.29, 1.82) is 0 Å². The van der Waals surface area contributed by atoms with E-state index in [1.807, 2.05) is 0 Å². The van der Waals surface area contributed by atoms with Crippen molar-refractivity contribution in [2.45, 2.75) is 36.4 Å². The number of halogens is 4. The lowest BCUT2D eigenvalue weighted by atomic mass is 10.1. The first kappa shape index (κ1) is 17.5. The lowest BCUT2D eigenvalue weighted by molar-refractivity contribution is -0.139. The third kappa shape index (κ3) is 3.73. The molecule has 1 saturated carbocycles. The van der Waals surface area contributed by atoms with Gasteiger partial charge >= 0.3 is 6.18 Å². The fraction of sp³-hybridized carbons (Fsp3) is 0.538. The topological polar surface area (TPSA) is 72.2 Å². The first-order valence-corrected chi connectivity index (χ1v) is 8.60. The maximum Gasteiger partial charge on any atom is 0.417 e. The van der Waals surface area contributed by atoms with Crippen molar-refractivity contribution < 1.29 is 21.6 Å². The Morgan fingerprint density at radius 3 is 2.59 bits per heavy atom. The summed E-state index contributed by atoms with van der Waals surface area (Å²) in [5.41, 5.74) is 4.30. The second-order valence-electron chi connectivity index (χ2n) is 5.29. The summed E-state index contributed by atoms with van der Waals surface area (Å²) >= 11 is 5.56. The Bertz CT molecular complexity index is 649. The zero-order valence-electron chi connectivity index (χ0n) is 11.5. The number of nitrogens with one attached hydrogen (secondary N) is 1. The van der Waals surface area contributed by atoms with E-state index in [2.05, 4.69) is 4.72 Å². The summed E-state index contributed by atoms with van der Waals surface area (Å²) in [6.07, 6.45) is -2.69. The van der Waals surface area contributed by atoms with Crippen LogP contribution in [0.4, 0.5) is 13.2 Å². The molecule has 0 aromatic heterocycles. The van der Waals surface area contributed by atoms with Crippen molar-refractivity contribution in [2.24, 2.45) is 11.7 Å². The van der Waals surface area contributed by atoms with E-state index in [0.29, 0.717) is 19.0 Å². The van der Waals surface area contributed by atoms with Gasteiger partial charge in [-0.25, -0.2) is 13.1 Å². The van der Waals surface area contributed by atoms with Crippen molar-refractivity contribution in [3.8, 4) is 0 Å². The Balaban J connectivity index is 2.38.